The summed E-state index contributed by atoms with van der Waals surface area (Å²) in [6.07, 6.45) is 1.28. The summed E-state index contributed by atoms with van der Waals surface area (Å²) in [6, 6.07) is 4.28. The predicted octanol–water partition coefficient (Wildman–Crippen LogP) is 2.24. The standard InChI is InChI=1S/C11H10N4O3S/c1-2-10-12-11(14-13-10)19-9-4-3-7(6-16)5-8(9)15(17)18/h3-6H,2H2,1H3,(H,12,13,14). The van der Waals surface area contributed by atoms with E-state index < -0.39 is 4.92 Å². The summed E-state index contributed by atoms with van der Waals surface area (Å²) < 4.78 is 0. The van der Waals surface area contributed by atoms with E-state index >= 15 is 0 Å². The van der Waals surface area contributed by atoms with Crippen LogP contribution in [0.4, 0.5) is 5.69 Å². The van der Waals surface area contributed by atoms with Crippen molar-refractivity contribution in [1.29, 1.82) is 0 Å². The molecule has 8 heteroatoms. The SMILES string of the molecule is CCc1nc(Sc2ccc(C=O)cc2[N+](=O)[O-])n[nH]1. The zero-order valence-corrected chi connectivity index (χ0v) is 10.8. The number of H-pyrrole nitrogens is 1. The van der Waals surface area contributed by atoms with Crippen LogP contribution in [-0.2, 0) is 6.42 Å². The fourth-order valence-electron chi connectivity index (χ4n) is 1.42. The van der Waals surface area contributed by atoms with Gasteiger partial charge in [-0.1, -0.05) is 13.0 Å². The number of hydrogen-bond donors (Lipinski definition) is 1. The van der Waals surface area contributed by atoms with Crippen LogP contribution in [0.3, 0.4) is 0 Å². The number of nitro benzene ring substituents is 1. The van der Waals surface area contributed by atoms with E-state index in [-0.39, 0.29) is 11.3 Å². The predicted molar refractivity (Wildman–Crippen MR) is 68.4 cm³/mol. The topological polar surface area (TPSA) is 102 Å². The number of carbonyl (C=O) groups excluding carboxylic acids is 1. The number of nitro groups is 1. The quantitative estimate of drug-likeness (QED) is 0.511. The van der Waals surface area contributed by atoms with E-state index in [1.807, 2.05) is 6.92 Å². The molecule has 0 radical (unpaired) electrons. The highest BCUT2D eigenvalue weighted by molar-refractivity contribution is 7.99. The molecular formula is C11H10N4O3S. The molecule has 0 amide bonds. The Labute approximate surface area is 112 Å². The molecule has 0 saturated carbocycles. The molecule has 0 aliphatic carbocycles. The zero-order valence-electron chi connectivity index (χ0n) is 9.99. The van der Waals surface area contributed by atoms with Crippen LogP contribution in [0.5, 0.6) is 0 Å². The molecule has 7 nitrogen and oxygen atoms in total. The number of benzene rings is 1. The number of aryl methyl sites for hydroxylation is 1. The van der Waals surface area contributed by atoms with Gasteiger partial charge in [0.05, 0.1) is 9.82 Å². The Morgan fingerprint density at radius 2 is 2.32 bits per heavy atom. The first-order chi connectivity index (χ1) is 9.13. The largest absolute Gasteiger partial charge is 0.298 e. The van der Waals surface area contributed by atoms with Gasteiger partial charge in [0.1, 0.15) is 12.1 Å². The molecule has 2 aromatic rings. The van der Waals surface area contributed by atoms with Crippen LogP contribution in [0.2, 0.25) is 0 Å². The van der Waals surface area contributed by atoms with Gasteiger partial charge in [0.25, 0.3) is 5.69 Å². The highest BCUT2D eigenvalue weighted by atomic mass is 32.2. The molecule has 0 atom stereocenters. The van der Waals surface area contributed by atoms with Gasteiger partial charge >= 0.3 is 0 Å². The van der Waals surface area contributed by atoms with Crippen molar-refractivity contribution in [2.24, 2.45) is 0 Å². The number of hydrogen-bond acceptors (Lipinski definition) is 6. The molecule has 0 bridgehead atoms. The van der Waals surface area contributed by atoms with Gasteiger partial charge in [-0.25, -0.2) is 4.98 Å². The van der Waals surface area contributed by atoms with Crippen LogP contribution in [0.1, 0.15) is 23.1 Å². The number of nitrogens with zero attached hydrogens (tertiary/aromatic N) is 3. The third kappa shape index (κ3) is 2.97. The van der Waals surface area contributed by atoms with Crippen molar-refractivity contribution < 1.29 is 9.72 Å². The van der Waals surface area contributed by atoms with Crippen molar-refractivity contribution >= 4 is 23.7 Å². The van der Waals surface area contributed by atoms with Gasteiger partial charge in [0, 0.05) is 18.1 Å². The lowest BCUT2D eigenvalue weighted by atomic mass is 10.2. The van der Waals surface area contributed by atoms with Crippen LogP contribution in [0.15, 0.2) is 28.3 Å². The molecule has 1 aromatic heterocycles. The van der Waals surface area contributed by atoms with Gasteiger partial charge in [0.15, 0.2) is 0 Å². The Morgan fingerprint density at radius 1 is 1.53 bits per heavy atom. The Kier molecular flexibility index (Phi) is 3.91. The van der Waals surface area contributed by atoms with Crippen LogP contribution in [-0.4, -0.2) is 26.4 Å². The Hall–Kier alpha value is -2.22. The minimum Gasteiger partial charge on any atom is -0.298 e. The molecule has 0 fully saturated rings. The fraction of sp³-hybridized carbons (Fsp3) is 0.182. The molecule has 0 unspecified atom stereocenters. The maximum Gasteiger partial charge on any atom is 0.284 e. The van der Waals surface area contributed by atoms with Crippen molar-refractivity contribution in [3.05, 3.63) is 39.7 Å². The Bertz CT molecular complexity index is 626. The summed E-state index contributed by atoms with van der Waals surface area (Å²) in [5.41, 5.74) is 0.137. The number of nitrogens with one attached hydrogen (secondary N) is 1. The lowest BCUT2D eigenvalue weighted by molar-refractivity contribution is -0.387. The average Bonchev–Trinajstić information content (AvgIpc) is 2.86. The van der Waals surface area contributed by atoms with Crippen LogP contribution >= 0.6 is 11.8 Å². The highest BCUT2D eigenvalue weighted by Gasteiger charge is 2.17. The molecule has 2 rings (SSSR count). The number of aromatic amines is 1. The highest BCUT2D eigenvalue weighted by Crippen LogP contribution is 2.33. The van der Waals surface area contributed by atoms with Gasteiger partial charge < -0.3 is 0 Å². The van der Waals surface area contributed by atoms with Crippen molar-refractivity contribution in [3.8, 4) is 0 Å². The van der Waals surface area contributed by atoms with E-state index in [0.29, 0.717) is 22.8 Å². The summed E-state index contributed by atoms with van der Waals surface area (Å²) in [4.78, 5) is 25.6. The minimum absolute atomic E-state index is 0.127. The van der Waals surface area contributed by atoms with Gasteiger partial charge in [0.2, 0.25) is 5.16 Å². The van der Waals surface area contributed by atoms with E-state index in [0.717, 1.165) is 17.6 Å². The van der Waals surface area contributed by atoms with E-state index in [1.54, 1.807) is 0 Å². The molecule has 0 aliphatic heterocycles. The lowest BCUT2D eigenvalue weighted by Gasteiger charge is -2.00. The second-order valence-corrected chi connectivity index (χ2v) is 4.63. The van der Waals surface area contributed by atoms with Crippen LogP contribution < -0.4 is 0 Å². The van der Waals surface area contributed by atoms with Gasteiger partial charge in [-0.2, -0.15) is 0 Å². The van der Waals surface area contributed by atoms with Gasteiger partial charge in [-0.05, 0) is 17.8 Å². The smallest absolute Gasteiger partial charge is 0.284 e. The first-order valence-electron chi connectivity index (χ1n) is 5.46. The number of aromatic nitrogens is 3. The summed E-state index contributed by atoms with van der Waals surface area (Å²) in [7, 11) is 0. The number of carbonyl (C=O) groups is 1. The first kappa shape index (κ1) is 13.2. The average molecular weight is 278 g/mol. The number of aldehydes is 1. The normalized spacial score (nSPS) is 10.4. The second-order valence-electron chi connectivity index (χ2n) is 3.62. The molecule has 0 aliphatic rings. The molecule has 98 valence electrons. The van der Waals surface area contributed by atoms with E-state index in [2.05, 4.69) is 15.2 Å². The minimum atomic E-state index is -0.525. The van der Waals surface area contributed by atoms with Crippen LogP contribution in [0.25, 0.3) is 0 Å². The van der Waals surface area contributed by atoms with Crippen LogP contribution in [0, 0.1) is 10.1 Å². The Morgan fingerprint density at radius 3 is 2.89 bits per heavy atom. The maximum atomic E-state index is 11.0. The van der Waals surface area contributed by atoms with Crippen molar-refractivity contribution in [2.75, 3.05) is 0 Å². The number of rotatable bonds is 5. The third-order valence-electron chi connectivity index (χ3n) is 2.36. The molecule has 0 spiro atoms. The summed E-state index contributed by atoms with van der Waals surface area (Å²) in [5, 5.41) is 18.1. The second kappa shape index (κ2) is 5.61. The van der Waals surface area contributed by atoms with E-state index in [4.69, 9.17) is 0 Å². The van der Waals surface area contributed by atoms with Crippen molar-refractivity contribution in [2.45, 2.75) is 23.4 Å². The summed E-state index contributed by atoms with van der Waals surface area (Å²) in [6.45, 7) is 1.93. The molecule has 19 heavy (non-hydrogen) atoms. The zero-order chi connectivity index (χ0) is 13.8. The molecule has 1 N–H and O–H groups in total. The van der Waals surface area contributed by atoms with Gasteiger partial charge in [-0.15, -0.1) is 5.10 Å². The lowest BCUT2D eigenvalue weighted by Crippen LogP contribution is -1.93. The van der Waals surface area contributed by atoms with E-state index in [9.17, 15) is 14.9 Å². The monoisotopic (exact) mass is 278 g/mol. The molecule has 1 aromatic carbocycles. The summed E-state index contributed by atoms with van der Waals surface area (Å²) in [5.74, 6) is 0.717. The third-order valence-corrected chi connectivity index (χ3v) is 3.29. The first-order valence-corrected chi connectivity index (χ1v) is 6.28. The van der Waals surface area contributed by atoms with E-state index in [1.165, 1.54) is 18.2 Å². The maximum absolute atomic E-state index is 11.0. The molecular weight excluding hydrogens is 268 g/mol. The molecule has 1 heterocycles. The Balaban J connectivity index is 2.33. The van der Waals surface area contributed by atoms with Gasteiger partial charge in [-0.3, -0.25) is 20.0 Å². The molecule has 0 saturated heterocycles. The van der Waals surface area contributed by atoms with Crippen molar-refractivity contribution in [1.82, 2.24) is 15.2 Å². The van der Waals surface area contributed by atoms with Crippen molar-refractivity contribution in [3.63, 3.8) is 0 Å². The fourth-order valence-corrected chi connectivity index (χ4v) is 2.23. The summed E-state index contributed by atoms with van der Waals surface area (Å²) >= 11 is 1.09.